The van der Waals surface area contributed by atoms with Gasteiger partial charge in [-0.1, -0.05) is 54.4 Å². The number of nitrogens with one attached hydrogen (secondary N) is 1. The van der Waals surface area contributed by atoms with Crippen molar-refractivity contribution in [1.82, 2.24) is 20.0 Å². The lowest BCUT2D eigenvalue weighted by molar-refractivity contribution is -0.131. The van der Waals surface area contributed by atoms with Crippen molar-refractivity contribution >= 4 is 35.0 Å². The van der Waals surface area contributed by atoms with Gasteiger partial charge in [0.1, 0.15) is 6.54 Å². The smallest absolute Gasteiger partial charge is 0.322 e. The quantitative estimate of drug-likeness (QED) is 0.434. The molecule has 1 saturated heterocycles. The number of halogens is 1. The van der Waals surface area contributed by atoms with Crippen LogP contribution in [0.25, 0.3) is 11.3 Å². The SMILES string of the molecule is CC[C@H](C)N(CC(=O)N1CCCN(c2ccc(-c3ccccc3Cl)nn2)CC1)C(=O)Nc1ccc(C)cc1. The van der Waals surface area contributed by atoms with E-state index in [4.69, 9.17) is 11.6 Å². The normalized spacial score (nSPS) is 14.5. The van der Waals surface area contributed by atoms with Crippen molar-refractivity contribution in [2.45, 2.75) is 39.7 Å². The Balaban J connectivity index is 1.37. The van der Waals surface area contributed by atoms with E-state index in [0.717, 1.165) is 42.0 Å². The molecule has 4 rings (SSSR count). The maximum absolute atomic E-state index is 13.3. The van der Waals surface area contributed by atoms with Crippen LogP contribution in [0.4, 0.5) is 16.3 Å². The van der Waals surface area contributed by atoms with Crippen LogP contribution in [0.1, 0.15) is 32.3 Å². The first kappa shape index (κ1) is 27.4. The van der Waals surface area contributed by atoms with Crippen LogP contribution < -0.4 is 10.2 Å². The van der Waals surface area contributed by atoms with E-state index in [9.17, 15) is 9.59 Å². The number of amides is 3. The van der Waals surface area contributed by atoms with Gasteiger partial charge < -0.3 is 20.0 Å². The minimum Gasteiger partial charge on any atom is -0.353 e. The van der Waals surface area contributed by atoms with Crippen molar-refractivity contribution < 1.29 is 9.59 Å². The molecule has 0 aliphatic carbocycles. The van der Waals surface area contributed by atoms with E-state index in [1.54, 1.807) is 4.90 Å². The zero-order valence-corrected chi connectivity index (χ0v) is 23.0. The molecule has 3 aromatic rings. The van der Waals surface area contributed by atoms with Crippen molar-refractivity contribution in [3.05, 3.63) is 71.2 Å². The fourth-order valence-electron chi connectivity index (χ4n) is 4.43. The molecule has 1 atom stereocenters. The highest BCUT2D eigenvalue weighted by molar-refractivity contribution is 6.33. The average molecular weight is 535 g/mol. The van der Waals surface area contributed by atoms with Gasteiger partial charge in [0, 0.05) is 43.5 Å². The maximum atomic E-state index is 13.3. The summed E-state index contributed by atoms with van der Waals surface area (Å²) >= 11 is 6.30. The fraction of sp³-hybridized carbons (Fsp3) is 0.379. The predicted octanol–water partition coefficient (Wildman–Crippen LogP) is 5.48. The van der Waals surface area contributed by atoms with E-state index in [0.29, 0.717) is 30.3 Å². The van der Waals surface area contributed by atoms with E-state index >= 15 is 0 Å². The van der Waals surface area contributed by atoms with E-state index in [-0.39, 0.29) is 24.5 Å². The number of aryl methyl sites for hydroxylation is 1. The number of nitrogens with zero attached hydrogens (tertiary/aromatic N) is 5. The van der Waals surface area contributed by atoms with Gasteiger partial charge in [-0.3, -0.25) is 4.79 Å². The highest BCUT2D eigenvalue weighted by Gasteiger charge is 2.26. The standard InChI is InChI=1S/C29H35ClN6O2/c1-4-22(3)36(29(38)31-23-12-10-21(2)11-13-23)20-28(37)35-17-7-16-34(18-19-35)27-15-14-26(32-33-27)24-8-5-6-9-25(24)30/h5-6,8-15,22H,4,7,16-20H2,1-3H3,(H,31,38)/t22-/m0/s1. The lowest BCUT2D eigenvalue weighted by atomic mass is 10.1. The molecule has 0 unspecified atom stereocenters. The molecular weight excluding hydrogens is 500 g/mol. The summed E-state index contributed by atoms with van der Waals surface area (Å²) in [6.45, 7) is 8.63. The minimum absolute atomic E-state index is 0.0407. The van der Waals surface area contributed by atoms with Gasteiger partial charge in [-0.25, -0.2) is 4.79 Å². The Labute approximate surface area is 229 Å². The van der Waals surface area contributed by atoms with Crippen LogP contribution >= 0.6 is 11.6 Å². The number of rotatable bonds is 7. The van der Waals surface area contributed by atoms with Gasteiger partial charge in [0.2, 0.25) is 5.91 Å². The molecule has 0 spiro atoms. The van der Waals surface area contributed by atoms with E-state index < -0.39 is 0 Å². The molecule has 1 aromatic heterocycles. The average Bonchev–Trinajstić information content (AvgIpc) is 3.19. The summed E-state index contributed by atoms with van der Waals surface area (Å²) in [5.41, 5.74) is 3.40. The Morgan fingerprint density at radius 2 is 1.76 bits per heavy atom. The lowest BCUT2D eigenvalue weighted by Crippen LogP contribution is -2.48. The molecule has 0 bridgehead atoms. The van der Waals surface area contributed by atoms with Crippen LogP contribution in [0.3, 0.4) is 0 Å². The molecule has 2 aromatic carbocycles. The number of hydrogen-bond acceptors (Lipinski definition) is 5. The Morgan fingerprint density at radius 3 is 2.45 bits per heavy atom. The molecule has 3 amide bonds. The van der Waals surface area contributed by atoms with Crippen molar-refractivity contribution in [3.8, 4) is 11.3 Å². The first-order valence-electron chi connectivity index (χ1n) is 13.1. The van der Waals surface area contributed by atoms with E-state index in [1.807, 2.05) is 86.3 Å². The monoisotopic (exact) mass is 534 g/mol. The third-order valence-corrected chi connectivity index (χ3v) is 7.29. The van der Waals surface area contributed by atoms with Gasteiger partial charge >= 0.3 is 6.03 Å². The van der Waals surface area contributed by atoms with Gasteiger partial charge in [0.15, 0.2) is 5.82 Å². The van der Waals surface area contributed by atoms with Crippen LogP contribution in [0.2, 0.25) is 5.02 Å². The van der Waals surface area contributed by atoms with E-state index in [1.165, 1.54) is 0 Å². The maximum Gasteiger partial charge on any atom is 0.322 e. The van der Waals surface area contributed by atoms with Crippen LogP contribution in [0, 0.1) is 6.92 Å². The largest absolute Gasteiger partial charge is 0.353 e. The molecule has 2 heterocycles. The number of carbonyl (C=O) groups excluding carboxylic acids is 2. The van der Waals surface area contributed by atoms with Crippen LogP contribution in [-0.4, -0.2) is 70.7 Å². The Bertz CT molecular complexity index is 1230. The van der Waals surface area contributed by atoms with Crippen molar-refractivity contribution in [1.29, 1.82) is 0 Å². The van der Waals surface area contributed by atoms with Crippen molar-refractivity contribution in [2.24, 2.45) is 0 Å². The molecule has 38 heavy (non-hydrogen) atoms. The number of aromatic nitrogens is 2. The lowest BCUT2D eigenvalue weighted by Gasteiger charge is -2.31. The van der Waals surface area contributed by atoms with Crippen molar-refractivity contribution in [2.75, 3.05) is 42.9 Å². The topological polar surface area (TPSA) is 81.7 Å². The van der Waals surface area contributed by atoms with Crippen LogP contribution in [-0.2, 0) is 4.79 Å². The molecule has 200 valence electrons. The Kier molecular flexibility index (Phi) is 9.18. The molecule has 0 saturated carbocycles. The third-order valence-electron chi connectivity index (χ3n) is 6.97. The highest BCUT2D eigenvalue weighted by Crippen LogP contribution is 2.26. The number of urea groups is 1. The number of anilines is 2. The molecule has 1 aliphatic rings. The van der Waals surface area contributed by atoms with Crippen LogP contribution in [0.5, 0.6) is 0 Å². The van der Waals surface area contributed by atoms with Gasteiger partial charge in [0.05, 0.1) is 10.7 Å². The molecule has 1 fully saturated rings. The molecular formula is C29H35ClN6O2. The van der Waals surface area contributed by atoms with E-state index in [2.05, 4.69) is 20.4 Å². The van der Waals surface area contributed by atoms with Crippen molar-refractivity contribution in [3.63, 3.8) is 0 Å². The molecule has 9 heteroatoms. The second kappa shape index (κ2) is 12.7. The van der Waals surface area contributed by atoms with Gasteiger partial charge in [-0.2, -0.15) is 0 Å². The van der Waals surface area contributed by atoms with Gasteiger partial charge in [-0.05, 0) is 57.0 Å². The Morgan fingerprint density at radius 1 is 1.00 bits per heavy atom. The summed E-state index contributed by atoms with van der Waals surface area (Å²) in [5, 5.41) is 12.4. The zero-order valence-electron chi connectivity index (χ0n) is 22.2. The zero-order chi connectivity index (χ0) is 27.1. The molecule has 0 radical (unpaired) electrons. The summed E-state index contributed by atoms with van der Waals surface area (Å²) in [6.07, 6.45) is 1.56. The van der Waals surface area contributed by atoms with Crippen LogP contribution in [0.15, 0.2) is 60.7 Å². The predicted molar refractivity (Wildman–Crippen MR) is 153 cm³/mol. The second-order valence-electron chi connectivity index (χ2n) is 9.66. The number of benzene rings is 2. The summed E-state index contributed by atoms with van der Waals surface area (Å²) in [4.78, 5) is 32.0. The number of hydrogen-bond donors (Lipinski definition) is 1. The third kappa shape index (κ3) is 6.81. The summed E-state index contributed by atoms with van der Waals surface area (Å²) in [7, 11) is 0. The molecule has 8 nitrogen and oxygen atoms in total. The first-order chi connectivity index (χ1) is 18.4. The Hall–Kier alpha value is -3.65. The summed E-state index contributed by atoms with van der Waals surface area (Å²) < 4.78 is 0. The summed E-state index contributed by atoms with van der Waals surface area (Å²) in [6, 6.07) is 18.7. The van der Waals surface area contributed by atoms with Gasteiger partial charge in [-0.15, -0.1) is 10.2 Å². The van der Waals surface area contributed by atoms with Gasteiger partial charge in [0.25, 0.3) is 0 Å². The number of carbonyl (C=O) groups is 2. The fourth-order valence-corrected chi connectivity index (χ4v) is 4.66. The summed E-state index contributed by atoms with van der Waals surface area (Å²) in [5.74, 6) is 0.722. The molecule has 1 N–H and O–H groups in total. The highest BCUT2D eigenvalue weighted by atomic mass is 35.5. The minimum atomic E-state index is -0.262. The molecule has 1 aliphatic heterocycles. The first-order valence-corrected chi connectivity index (χ1v) is 13.5. The second-order valence-corrected chi connectivity index (χ2v) is 10.1.